The van der Waals surface area contributed by atoms with Crippen LogP contribution in [0, 0.1) is 0 Å². The number of rotatable bonds is 2. The van der Waals surface area contributed by atoms with Crippen LogP contribution in [0.1, 0.15) is 33.6 Å². The summed E-state index contributed by atoms with van der Waals surface area (Å²) in [4.78, 5) is 16.2. The molecule has 1 aliphatic carbocycles. The lowest BCUT2D eigenvalue weighted by Crippen LogP contribution is -2.55. The Morgan fingerprint density at radius 3 is 2.17 bits per heavy atom. The fraction of sp³-hybridized carbons (Fsp3) is 0.923. The zero-order chi connectivity index (χ0) is 13.4. The highest BCUT2D eigenvalue weighted by Crippen LogP contribution is 2.41. The molecule has 0 unspecified atom stereocenters. The van der Waals surface area contributed by atoms with E-state index in [0.29, 0.717) is 0 Å². The van der Waals surface area contributed by atoms with Crippen LogP contribution in [0.5, 0.6) is 0 Å². The van der Waals surface area contributed by atoms with Crippen molar-refractivity contribution < 1.29 is 9.53 Å². The number of piperazine rings is 1. The summed E-state index contributed by atoms with van der Waals surface area (Å²) in [7, 11) is 0. The Labute approximate surface area is 109 Å². The molecule has 2 N–H and O–H groups in total. The minimum absolute atomic E-state index is 0.195. The molecule has 1 heterocycles. The molecule has 0 aromatic heterocycles. The molecular weight excluding hydrogens is 230 g/mol. The molecule has 0 bridgehead atoms. The van der Waals surface area contributed by atoms with Gasteiger partial charge in [0.15, 0.2) is 0 Å². The van der Waals surface area contributed by atoms with Gasteiger partial charge in [-0.2, -0.15) is 0 Å². The smallest absolute Gasteiger partial charge is 0.410 e. The first kappa shape index (κ1) is 13.6. The Kier molecular flexibility index (Phi) is 3.56. The second-order valence-electron chi connectivity index (χ2n) is 6.38. The largest absolute Gasteiger partial charge is 0.444 e. The van der Waals surface area contributed by atoms with Gasteiger partial charge in [0.25, 0.3) is 0 Å². The van der Waals surface area contributed by atoms with Crippen molar-refractivity contribution in [2.75, 3.05) is 32.7 Å². The first-order chi connectivity index (χ1) is 8.36. The summed E-state index contributed by atoms with van der Waals surface area (Å²) in [6.07, 6.45) is 2.21. The quantitative estimate of drug-likeness (QED) is 0.800. The van der Waals surface area contributed by atoms with Crippen LogP contribution in [0.2, 0.25) is 0 Å². The highest BCUT2D eigenvalue weighted by molar-refractivity contribution is 5.68. The molecule has 2 aliphatic rings. The summed E-state index contributed by atoms with van der Waals surface area (Å²) in [6, 6.07) is 0. The fourth-order valence-electron chi connectivity index (χ4n) is 2.48. The van der Waals surface area contributed by atoms with Crippen LogP contribution in [0.25, 0.3) is 0 Å². The van der Waals surface area contributed by atoms with E-state index < -0.39 is 5.60 Å². The number of carbonyl (C=O) groups is 1. The second-order valence-corrected chi connectivity index (χ2v) is 6.38. The van der Waals surface area contributed by atoms with Crippen molar-refractivity contribution in [3.8, 4) is 0 Å². The van der Waals surface area contributed by atoms with E-state index in [0.717, 1.165) is 32.7 Å². The summed E-state index contributed by atoms with van der Waals surface area (Å²) >= 11 is 0. The number of amides is 1. The molecule has 18 heavy (non-hydrogen) atoms. The highest BCUT2D eigenvalue weighted by atomic mass is 16.6. The second kappa shape index (κ2) is 4.70. The summed E-state index contributed by atoms with van der Waals surface area (Å²) in [5.74, 6) is 0. The third-order valence-electron chi connectivity index (χ3n) is 3.81. The molecule has 0 aromatic carbocycles. The zero-order valence-electron chi connectivity index (χ0n) is 11.7. The first-order valence-electron chi connectivity index (χ1n) is 6.79. The summed E-state index contributed by atoms with van der Waals surface area (Å²) in [6.45, 7) is 9.75. The monoisotopic (exact) mass is 255 g/mol. The number of hydrogen-bond acceptors (Lipinski definition) is 4. The Hall–Kier alpha value is -0.810. The molecule has 2 rings (SSSR count). The number of hydrogen-bond donors (Lipinski definition) is 1. The minimum Gasteiger partial charge on any atom is -0.444 e. The number of nitrogens with two attached hydrogens (primary N) is 1. The normalized spacial score (nSPS) is 23.9. The lowest BCUT2D eigenvalue weighted by atomic mass is 10.2. The summed E-state index contributed by atoms with van der Waals surface area (Å²) in [5.41, 5.74) is 5.67. The van der Waals surface area contributed by atoms with Gasteiger partial charge in [0.2, 0.25) is 0 Å². The topological polar surface area (TPSA) is 58.8 Å². The molecule has 2 fully saturated rings. The predicted octanol–water partition coefficient (Wildman–Crippen LogP) is 1.03. The van der Waals surface area contributed by atoms with Gasteiger partial charge in [-0.25, -0.2) is 4.79 Å². The number of ether oxygens (including phenoxy) is 1. The standard InChI is InChI=1S/C13H25N3O2/c1-12(2,3)18-11(17)15-6-8-16(9-7-15)13(10-14)4-5-13/h4-10,14H2,1-3H3. The third-order valence-corrected chi connectivity index (χ3v) is 3.81. The molecule has 1 aliphatic heterocycles. The molecule has 1 saturated heterocycles. The van der Waals surface area contributed by atoms with Crippen LogP contribution in [0.15, 0.2) is 0 Å². The molecule has 5 nitrogen and oxygen atoms in total. The molecular formula is C13H25N3O2. The molecule has 0 spiro atoms. The maximum Gasteiger partial charge on any atom is 0.410 e. The average Bonchev–Trinajstić information content (AvgIpc) is 3.08. The van der Waals surface area contributed by atoms with Gasteiger partial charge in [-0.15, -0.1) is 0 Å². The van der Waals surface area contributed by atoms with Gasteiger partial charge in [-0.05, 0) is 33.6 Å². The molecule has 0 radical (unpaired) electrons. The van der Waals surface area contributed by atoms with Crippen molar-refractivity contribution >= 4 is 6.09 Å². The summed E-state index contributed by atoms with van der Waals surface area (Å²) < 4.78 is 5.38. The van der Waals surface area contributed by atoms with Crippen molar-refractivity contribution in [2.24, 2.45) is 5.73 Å². The Balaban J connectivity index is 1.82. The predicted molar refractivity (Wildman–Crippen MR) is 70.4 cm³/mol. The Bertz CT molecular complexity index is 313. The Morgan fingerprint density at radius 2 is 1.78 bits per heavy atom. The minimum atomic E-state index is -0.414. The van der Waals surface area contributed by atoms with E-state index in [1.54, 1.807) is 4.90 Å². The van der Waals surface area contributed by atoms with Gasteiger partial charge >= 0.3 is 6.09 Å². The molecule has 1 saturated carbocycles. The SMILES string of the molecule is CC(C)(C)OC(=O)N1CCN(C2(CN)CC2)CC1. The van der Waals surface area contributed by atoms with E-state index in [4.69, 9.17) is 10.5 Å². The molecule has 0 aromatic rings. The van der Waals surface area contributed by atoms with Crippen LogP contribution in [-0.2, 0) is 4.74 Å². The molecule has 1 amide bonds. The zero-order valence-corrected chi connectivity index (χ0v) is 11.7. The lowest BCUT2D eigenvalue weighted by molar-refractivity contribution is 0.00901. The maximum atomic E-state index is 11.9. The van der Waals surface area contributed by atoms with E-state index >= 15 is 0 Å². The van der Waals surface area contributed by atoms with Crippen molar-refractivity contribution in [2.45, 2.75) is 44.8 Å². The van der Waals surface area contributed by atoms with Gasteiger partial charge in [0.1, 0.15) is 5.60 Å². The van der Waals surface area contributed by atoms with E-state index in [-0.39, 0.29) is 11.6 Å². The third kappa shape index (κ3) is 2.95. The number of carbonyl (C=O) groups excluding carboxylic acids is 1. The maximum absolute atomic E-state index is 11.9. The van der Waals surface area contributed by atoms with Gasteiger partial charge in [0.05, 0.1) is 0 Å². The van der Waals surface area contributed by atoms with Crippen LogP contribution in [0.3, 0.4) is 0 Å². The lowest BCUT2D eigenvalue weighted by Gasteiger charge is -2.39. The first-order valence-corrected chi connectivity index (χ1v) is 6.79. The van der Waals surface area contributed by atoms with Crippen LogP contribution < -0.4 is 5.73 Å². The van der Waals surface area contributed by atoms with Crippen LogP contribution in [0.4, 0.5) is 4.79 Å². The van der Waals surface area contributed by atoms with Crippen molar-refractivity contribution in [1.82, 2.24) is 9.80 Å². The van der Waals surface area contributed by atoms with Gasteiger partial charge < -0.3 is 15.4 Å². The highest BCUT2D eigenvalue weighted by Gasteiger charge is 2.47. The molecule has 0 atom stereocenters. The van der Waals surface area contributed by atoms with Gasteiger partial charge in [0, 0.05) is 38.3 Å². The van der Waals surface area contributed by atoms with Crippen molar-refractivity contribution in [3.05, 3.63) is 0 Å². The molecule has 5 heteroatoms. The van der Waals surface area contributed by atoms with Crippen molar-refractivity contribution in [1.29, 1.82) is 0 Å². The van der Waals surface area contributed by atoms with E-state index in [9.17, 15) is 4.79 Å². The van der Waals surface area contributed by atoms with E-state index in [2.05, 4.69) is 4.90 Å². The molecule has 104 valence electrons. The summed E-state index contributed by atoms with van der Waals surface area (Å²) in [5, 5.41) is 0. The van der Waals surface area contributed by atoms with Crippen LogP contribution in [-0.4, -0.2) is 59.8 Å². The van der Waals surface area contributed by atoms with Gasteiger partial charge in [-0.3, -0.25) is 4.90 Å². The van der Waals surface area contributed by atoms with E-state index in [1.807, 2.05) is 20.8 Å². The van der Waals surface area contributed by atoms with Crippen LogP contribution >= 0.6 is 0 Å². The van der Waals surface area contributed by atoms with Gasteiger partial charge in [-0.1, -0.05) is 0 Å². The Morgan fingerprint density at radius 1 is 1.22 bits per heavy atom. The van der Waals surface area contributed by atoms with E-state index in [1.165, 1.54) is 12.8 Å². The number of nitrogens with zero attached hydrogens (tertiary/aromatic N) is 2. The van der Waals surface area contributed by atoms with Crippen molar-refractivity contribution in [3.63, 3.8) is 0 Å². The fourth-order valence-corrected chi connectivity index (χ4v) is 2.48. The average molecular weight is 255 g/mol.